The second-order valence-corrected chi connectivity index (χ2v) is 12.5. The molecule has 46 heavy (non-hydrogen) atoms. The molecule has 0 radical (unpaired) electrons. The first-order valence-electron chi connectivity index (χ1n) is 15.4. The van der Waals surface area contributed by atoms with Crippen LogP contribution in [0, 0.1) is 0 Å². The lowest BCUT2D eigenvalue weighted by Gasteiger charge is -2.14. The van der Waals surface area contributed by atoms with Gasteiger partial charge in [-0.3, -0.25) is 9.97 Å². The van der Waals surface area contributed by atoms with Crippen LogP contribution in [-0.4, -0.2) is 14.5 Å². The molecule has 0 unspecified atom stereocenters. The number of benzene rings is 5. The van der Waals surface area contributed by atoms with E-state index in [0.29, 0.717) is 0 Å². The summed E-state index contributed by atoms with van der Waals surface area (Å²) >= 11 is 1.89. The van der Waals surface area contributed by atoms with Crippen molar-refractivity contribution < 1.29 is 0 Å². The molecule has 0 aliphatic rings. The lowest BCUT2D eigenvalue weighted by Crippen LogP contribution is -1.96. The Morgan fingerprint density at radius 2 is 1.07 bits per heavy atom. The van der Waals surface area contributed by atoms with Crippen LogP contribution in [0.3, 0.4) is 0 Å². The molecule has 0 atom stereocenters. The molecular formula is C42H27N3S. The van der Waals surface area contributed by atoms with Gasteiger partial charge in [0.15, 0.2) is 0 Å². The topological polar surface area (TPSA) is 30.7 Å². The zero-order valence-corrected chi connectivity index (χ0v) is 25.7. The summed E-state index contributed by atoms with van der Waals surface area (Å²) in [6.07, 6.45) is 7.51. The number of aromatic nitrogens is 3. The molecule has 4 heterocycles. The molecule has 9 aromatic rings. The van der Waals surface area contributed by atoms with Crippen molar-refractivity contribution in [3.05, 3.63) is 164 Å². The van der Waals surface area contributed by atoms with Crippen LogP contribution in [-0.2, 0) is 0 Å². The molecule has 0 aliphatic heterocycles. The van der Waals surface area contributed by atoms with Crippen molar-refractivity contribution >= 4 is 43.2 Å². The molecule has 0 fully saturated rings. The highest BCUT2D eigenvalue weighted by Gasteiger charge is 2.22. The van der Waals surface area contributed by atoms with Crippen molar-refractivity contribution in [2.45, 2.75) is 0 Å². The van der Waals surface area contributed by atoms with E-state index in [1.54, 1.807) is 0 Å². The Bertz CT molecular complexity index is 2440. The lowest BCUT2D eigenvalue weighted by molar-refractivity contribution is 1.18. The maximum Gasteiger partial charge on any atom is 0.0555 e. The fraction of sp³-hybridized carbons (Fsp3) is 0. The number of para-hydroxylation sites is 1. The molecule has 0 N–H and O–H groups in total. The summed E-state index contributed by atoms with van der Waals surface area (Å²) in [5.74, 6) is 0. The molecule has 4 heteroatoms. The smallest absolute Gasteiger partial charge is 0.0555 e. The molecule has 3 nitrogen and oxygen atoms in total. The average Bonchev–Trinajstić information content (AvgIpc) is 3.69. The van der Waals surface area contributed by atoms with Gasteiger partial charge >= 0.3 is 0 Å². The number of thiophene rings is 1. The lowest BCUT2D eigenvalue weighted by atomic mass is 9.98. The van der Waals surface area contributed by atoms with Crippen LogP contribution in [0.4, 0.5) is 0 Å². The second-order valence-electron chi connectivity index (χ2n) is 11.5. The Labute approximate surface area is 270 Å². The predicted molar refractivity (Wildman–Crippen MR) is 193 cm³/mol. The maximum absolute atomic E-state index is 4.43. The first-order valence-corrected chi connectivity index (χ1v) is 16.2. The zero-order chi connectivity index (χ0) is 30.5. The van der Waals surface area contributed by atoms with E-state index < -0.39 is 0 Å². The fourth-order valence-corrected chi connectivity index (χ4v) is 8.09. The summed E-state index contributed by atoms with van der Waals surface area (Å²) in [5, 5.41) is 3.82. The molecule has 0 aliphatic carbocycles. The van der Waals surface area contributed by atoms with Crippen molar-refractivity contribution in [2.24, 2.45) is 0 Å². The minimum Gasteiger partial charge on any atom is -0.309 e. The Hall–Kier alpha value is -5.84. The third-order valence-electron chi connectivity index (χ3n) is 8.76. The number of nitrogens with zero attached hydrogens (tertiary/aromatic N) is 3. The van der Waals surface area contributed by atoms with Crippen molar-refractivity contribution in [2.75, 3.05) is 0 Å². The van der Waals surface area contributed by atoms with Gasteiger partial charge in [-0.25, -0.2) is 0 Å². The molecule has 0 bridgehead atoms. The van der Waals surface area contributed by atoms with Gasteiger partial charge in [-0.05, 0) is 64.7 Å². The summed E-state index contributed by atoms with van der Waals surface area (Å²) in [4.78, 5) is 10.2. The Morgan fingerprint density at radius 1 is 0.457 bits per heavy atom. The molecule has 0 amide bonds. The summed E-state index contributed by atoms with van der Waals surface area (Å²) in [6.45, 7) is 0. The number of fused-ring (bicyclic) bond motifs is 5. The van der Waals surface area contributed by atoms with E-state index in [4.69, 9.17) is 0 Å². The molecule has 9 rings (SSSR count). The van der Waals surface area contributed by atoms with Gasteiger partial charge in [0.25, 0.3) is 0 Å². The van der Waals surface area contributed by atoms with E-state index in [1.165, 1.54) is 53.5 Å². The van der Waals surface area contributed by atoms with E-state index in [-0.39, 0.29) is 0 Å². The normalized spacial score (nSPS) is 11.5. The first kappa shape index (κ1) is 26.6. The highest BCUT2D eigenvalue weighted by molar-refractivity contribution is 7.24. The third kappa shape index (κ3) is 4.34. The summed E-state index contributed by atoms with van der Waals surface area (Å²) in [5.41, 5.74) is 11.6. The standard InChI is InChI=1S/C42H27N3S/c1-3-11-28(12-4-1)39-36-19-20-38-40(42(36)46-41(39)29-13-5-2-6-14-29)35-17-7-8-18-37(35)45(38)34-24-32(30-15-9-21-43-26-30)23-33(25-34)31-16-10-22-44-27-31/h1-27H. The Balaban J connectivity index is 1.38. The van der Waals surface area contributed by atoms with Crippen LogP contribution in [0.1, 0.15) is 0 Å². The Morgan fingerprint density at radius 3 is 1.72 bits per heavy atom. The van der Waals surface area contributed by atoms with Gasteiger partial charge in [-0.15, -0.1) is 11.3 Å². The number of pyridine rings is 2. The minimum atomic E-state index is 1.08. The van der Waals surface area contributed by atoms with Crippen LogP contribution in [0.25, 0.3) is 81.4 Å². The van der Waals surface area contributed by atoms with Gasteiger partial charge in [0.05, 0.1) is 11.0 Å². The van der Waals surface area contributed by atoms with Crippen molar-refractivity contribution in [1.29, 1.82) is 0 Å². The molecular weight excluding hydrogens is 579 g/mol. The monoisotopic (exact) mass is 605 g/mol. The molecule has 0 spiro atoms. The van der Waals surface area contributed by atoms with Crippen LogP contribution < -0.4 is 0 Å². The van der Waals surface area contributed by atoms with E-state index in [9.17, 15) is 0 Å². The summed E-state index contributed by atoms with van der Waals surface area (Å²) in [6, 6.07) is 50.1. The van der Waals surface area contributed by atoms with Gasteiger partial charge in [0.2, 0.25) is 0 Å². The van der Waals surface area contributed by atoms with E-state index in [2.05, 4.69) is 142 Å². The van der Waals surface area contributed by atoms with E-state index >= 15 is 0 Å². The molecule has 0 saturated carbocycles. The number of rotatable bonds is 5. The number of hydrogen-bond donors (Lipinski definition) is 0. The van der Waals surface area contributed by atoms with Crippen molar-refractivity contribution in [3.63, 3.8) is 0 Å². The van der Waals surface area contributed by atoms with Gasteiger partial charge < -0.3 is 4.57 Å². The van der Waals surface area contributed by atoms with Gasteiger partial charge in [0, 0.05) is 72.9 Å². The zero-order valence-electron chi connectivity index (χ0n) is 24.8. The van der Waals surface area contributed by atoms with Crippen molar-refractivity contribution in [1.82, 2.24) is 14.5 Å². The molecule has 0 saturated heterocycles. The van der Waals surface area contributed by atoms with Crippen molar-refractivity contribution in [3.8, 4) is 49.5 Å². The number of hydrogen-bond acceptors (Lipinski definition) is 3. The second kappa shape index (κ2) is 11.0. The van der Waals surface area contributed by atoms with Crippen LogP contribution >= 0.6 is 11.3 Å². The molecule has 5 aromatic carbocycles. The highest BCUT2D eigenvalue weighted by Crippen LogP contribution is 2.49. The summed E-state index contributed by atoms with van der Waals surface area (Å²) < 4.78 is 3.73. The highest BCUT2D eigenvalue weighted by atomic mass is 32.1. The molecule has 216 valence electrons. The third-order valence-corrected chi connectivity index (χ3v) is 10.0. The fourth-order valence-electron chi connectivity index (χ4n) is 6.71. The first-order chi connectivity index (χ1) is 22.8. The quantitative estimate of drug-likeness (QED) is 0.195. The van der Waals surface area contributed by atoms with E-state index in [0.717, 1.165) is 27.9 Å². The maximum atomic E-state index is 4.43. The summed E-state index contributed by atoms with van der Waals surface area (Å²) in [7, 11) is 0. The van der Waals surface area contributed by atoms with E-state index in [1.807, 2.05) is 48.3 Å². The average molecular weight is 606 g/mol. The van der Waals surface area contributed by atoms with Crippen LogP contribution in [0.5, 0.6) is 0 Å². The van der Waals surface area contributed by atoms with Crippen LogP contribution in [0.15, 0.2) is 164 Å². The van der Waals surface area contributed by atoms with Gasteiger partial charge in [-0.1, -0.05) is 97.1 Å². The van der Waals surface area contributed by atoms with Gasteiger partial charge in [0.1, 0.15) is 0 Å². The van der Waals surface area contributed by atoms with Gasteiger partial charge in [-0.2, -0.15) is 0 Å². The minimum absolute atomic E-state index is 1.08. The SMILES string of the molecule is c1ccc(-c2sc3c(ccc4c3c3ccccc3n4-c3cc(-c4cccnc4)cc(-c4cccnc4)c3)c2-c2ccccc2)cc1. The van der Waals surface area contributed by atoms with Crippen LogP contribution in [0.2, 0.25) is 0 Å². The Kier molecular flexibility index (Phi) is 6.32. The molecule has 4 aromatic heterocycles. The predicted octanol–water partition coefficient (Wildman–Crippen LogP) is 11.5. The largest absolute Gasteiger partial charge is 0.309 e.